The first-order chi connectivity index (χ1) is 10.3. The molecule has 1 heterocycles. The fraction of sp³-hybridized carbons (Fsp3) is 0.450. The van der Waals surface area contributed by atoms with Gasteiger partial charge < -0.3 is 5.32 Å². The molecule has 22 heavy (non-hydrogen) atoms. The zero-order valence-corrected chi connectivity index (χ0v) is 14.5. The second-order valence-electron chi connectivity index (χ2n) is 7.86. The van der Waals surface area contributed by atoms with E-state index in [1.165, 1.54) is 5.56 Å². The Morgan fingerprint density at radius 3 is 2.18 bits per heavy atom. The van der Waals surface area contributed by atoms with Gasteiger partial charge in [-0.15, -0.1) is 0 Å². The summed E-state index contributed by atoms with van der Waals surface area (Å²) in [5, 5.41) is 3.65. The van der Waals surface area contributed by atoms with E-state index in [0.29, 0.717) is 5.41 Å². The van der Waals surface area contributed by atoms with Gasteiger partial charge >= 0.3 is 0 Å². The van der Waals surface area contributed by atoms with Crippen molar-refractivity contribution in [2.75, 3.05) is 0 Å². The normalized spacial score (nSPS) is 12.4. The molecular weight excluding hydrogens is 268 g/mol. The van der Waals surface area contributed by atoms with Crippen LogP contribution >= 0.6 is 0 Å². The van der Waals surface area contributed by atoms with Crippen LogP contribution in [0.1, 0.15) is 46.7 Å². The summed E-state index contributed by atoms with van der Waals surface area (Å²) in [6, 6.07) is 16.6. The van der Waals surface area contributed by atoms with Gasteiger partial charge in [0.25, 0.3) is 0 Å². The smallest absolute Gasteiger partial charge is 0.0705 e. The fourth-order valence-corrected chi connectivity index (χ4v) is 3.07. The molecule has 1 aromatic carbocycles. The van der Waals surface area contributed by atoms with Gasteiger partial charge in [-0.1, -0.05) is 57.2 Å². The number of aromatic nitrogens is 1. The average Bonchev–Trinajstić information content (AvgIpc) is 2.44. The summed E-state index contributed by atoms with van der Waals surface area (Å²) < 4.78 is 0. The predicted molar refractivity (Wildman–Crippen MR) is 94.7 cm³/mol. The highest BCUT2D eigenvalue weighted by Gasteiger charge is 2.24. The van der Waals surface area contributed by atoms with Crippen LogP contribution in [0.15, 0.2) is 48.5 Å². The van der Waals surface area contributed by atoms with Crippen LogP contribution in [0, 0.1) is 5.41 Å². The second kappa shape index (κ2) is 6.62. The highest BCUT2D eigenvalue weighted by atomic mass is 15.0. The van der Waals surface area contributed by atoms with Gasteiger partial charge in [0.05, 0.1) is 11.4 Å². The van der Waals surface area contributed by atoms with Crippen molar-refractivity contribution >= 4 is 0 Å². The number of nitrogens with one attached hydrogen (secondary N) is 1. The molecule has 0 aliphatic carbocycles. The third kappa shape index (κ3) is 5.27. The van der Waals surface area contributed by atoms with Crippen LogP contribution in [0.2, 0.25) is 0 Å². The van der Waals surface area contributed by atoms with Crippen LogP contribution in [0.3, 0.4) is 0 Å². The standard InChI is InChI=1S/C20H28N2/c1-19(2,3)15-20(4,5)21-14-17-12-9-13-18(22-17)16-10-7-6-8-11-16/h6-13,21H,14-15H2,1-5H3. The molecule has 1 N–H and O–H groups in total. The van der Waals surface area contributed by atoms with Gasteiger partial charge in [-0.2, -0.15) is 0 Å². The topological polar surface area (TPSA) is 24.9 Å². The molecule has 2 rings (SSSR count). The van der Waals surface area contributed by atoms with Crippen molar-refractivity contribution < 1.29 is 0 Å². The highest BCUT2D eigenvalue weighted by Crippen LogP contribution is 2.27. The summed E-state index contributed by atoms with van der Waals surface area (Å²) in [7, 11) is 0. The molecule has 0 radical (unpaired) electrons. The maximum atomic E-state index is 4.78. The molecule has 2 aromatic rings. The molecular formula is C20H28N2. The molecule has 2 heteroatoms. The number of pyridine rings is 1. The molecule has 1 aromatic heterocycles. The minimum Gasteiger partial charge on any atom is -0.306 e. The summed E-state index contributed by atoms with van der Waals surface area (Å²) >= 11 is 0. The van der Waals surface area contributed by atoms with E-state index in [1.54, 1.807) is 0 Å². The summed E-state index contributed by atoms with van der Waals surface area (Å²) in [6.07, 6.45) is 1.12. The van der Waals surface area contributed by atoms with Gasteiger partial charge in [0.1, 0.15) is 0 Å². The highest BCUT2D eigenvalue weighted by molar-refractivity contribution is 5.58. The van der Waals surface area contributed by atoms with Crippen LogP contribution in [0.4, 0.5) is 0 Å². The van der Waals surface area contributed by atoms with Crippen LogP contribution in [-0.2, 0) is 6.54 Å². The number of benzene rings is 1. The number of nitrogens with zero attached hydrogens (tertiary/aromatic N) is 1. The monoisotopic (exact) mass is 296 g/mol. The Morgan fingerprint density at radius 1 is 0.864 bits per heavy atom. The van der Waals surface area contributed by atoms with E-state index in [9.17, 15) is 0 Å². The van der Waals surface area contributed by atoms with Crippen molar-refractivity contribution in [3.63, 3.8) is 0 Å². The molecule has 118 valence electrons. The van der Waals surface area contributed by atoms with E-state index in [2.05, 4.69) is 70.3 Å². The first-order valence-corrected chi connectivity index (χ1v) is 8.02. The average molecular weight is 296 g/mol. The Bertz CT molecular complexity index is 595. The molecule has 0 saturated heterocycles. The molecule has 0 atom stereocenters. The lowest BCUT2D eigenvalue weighted by Crippen LogP contribution is -2.42. The van der Waals surface area contributed by atoms with Gasteiger partial charge in [0, 0.05) is 17.6 Å². The van der Waals surface area contributed by atoms with Crippen molar-refractivity contribution in [2.24, 2.45) is 5.41 Å². The number of hydrogen-bond acceptors (Lipinski definition) is 2. The lowest BCUT2D eigenvalue weighted by Gasteiger charge is -2.33. The second-order valence-corrected chi connectivity index (χ2v) is 7.86. The van der Waals surface area contributed by atoms with Crippen LogP contribution in [-0.4, -0.2) is 10.5 Å². The molecule has 2 nitrogen and oxygen atoms in total. The maximum Gasteiger partial charge on any atom is 0.0705 e. The molecule has 0 fully saturated rings. The van der Waals surface area contributed by atoms with Crippen LogP contribution in [0.25, 0.3) is 11.3 Å². The minimum absolute atomic E-state index is 0.0999. The third-order valence-electron chi connectivity index (χ3n) is 3.60. The molecule has 0 aliphatic rings. The minimum atomic E-state index is 0.0999. The third-order valence-corrected chi connectivity index (χ3v) is 3.60. The van der Waals surface area contributed by atoms with Crippen molar-refractivity contribution in [3.8, 4) is 11.3 Å². The fourth-order valence-electron chi connectivity index (χ4n) is 3.07. The van der Waals surface area contributed by atoms with Gasteiger partial charge in [-0.25, -0.2) is 0 Å². The Kier molecular flexibility index (Phi) is 5.02. The molecule has 0 spiro atoms. The van der Waals surface area contributed by atoms with Gasteiger partial charge in [-0.05, 0) is 37.8 Å². The SMILES string of the molecule is CC(C)(C)CC(C)(C)NCc1cccc(-c2ccccc2)n1. The van der Waals surface area contributed by atoms with Gasteiger partial charge in [-0.3, -0.25) is 4.98 Å². The first kappa shape index (κ1) is 16.7. The van der Waals surface area contributed by atoms with E-state index < -0.39 is 0 Å². The first-order valence-electron chi connectivity index (χ1n) is 8.02. The lowest BCUT2D eigenvalue weighted by atomic mass is 9.82. The van der Waals surface area contributed by atoms with E-state index in [0.717, 1.165) is 24.4 Å². The predicted octanol–water partition coefficient (Wildman–Crippen LogP) is 5.05. The van der Waals surface area contributed by atoms with E-state index >= 15 is 0 Å². The van der Waals surface area contributed by atoms with Crippen molar-refractivity contribution in [1.29, 1.82) is 0 Å². The van der Waals surface area contributed by atoms with E-state index in [-0.39, 0.29) is 5.54 Å². The summed E-state index contributed by atoms with van der Waals surface area (Å²) in [5.74, 6) is 0. The molecule has 0 bridgehead atoms. The van der Waals surface area contributed by atoms with Crippen molar-refractivity contribution in [3.05, 3.63) is 54.2 Å². The Labute approximate surface area is 135 Å². The van der Waals surface area contributed by atoms with Gasteiger partial charge in [0.15, 0.2) is 0 Å². The molecule has 0 saturated carbocycles. The zero-order valence-electron chi connectivity index (χ0n) is 14.5. The van der Waals surface area contributed by atoms with E-state index in [1.807, 2.05) is 18.2 Å². The molecule has 0 amide bonds. The Morgan fingerprint density at radius 2 is 1.55 bits per heavy atom. The quantitative estimate of drug-likeness (QED) is 0.835. The molecule has 0 unspecified atom stereocenters. The Hall–Kier alpha value is -1.67. The van der Waals surface area contributed by atoms with Crippen LogP contribution in [0.5, 0.6) is 0 Å². The number of rotatable bonds is 5. The number of hydrogen-bond donors (Lipinski definition) is 1. The molecule has 0 aliphatic heterocycles. The maximum absolute atomic E-state index is 4.78. The van der Waals surface area contributed by atoms with Crippen molar-refractivity contribution in [2.45, 2.75) is 53.1 Å². The summed E-state index contributed by atoms with van der Waals surface area (Å²) in [6.45, 7) is 12.2. The summed E-state index contributed by atoms with van der Waals surface area (Å²) in [5.41, 5.74) is 3.70. The zero-order chi connectivity index (χ0) is 16.2. The van der Waals surface area contributed by atoms with Crippen LogP contribution < -0.4 is 5.32 Å². The van der Waals surface area contributed by atoms with Crippen molar-refractivity contribution in [1.82, 2.24) is 10.3 Å². The van der Waals surface area contributed by atoms with E-state index in [4.69, 9.17) is 4.98 Å². The van der Waals surface area contributed by atoms with Gasteiger partial charge in [0.2, 0.25) is 0 Å². The summed E-state index contributed by atoms with van der Waals surface area (Å²) in [4.78, 5) is 4.78. The largest absolute Gasteiger partial charge is 0.306 e. The lowest BCUT2D eigenvalue weighted by molar-refractivity contribution is 0.240. The Balaban J connectivity index is 2.05.